The highest BCUT2D eigenvalue weighted by Crippen LogP contribution is 2.19. The van der Waals surface area contributed by atoms with Gasteiger partial charge in [-0.1, -0.05) is 18.0 Å². The topological polar surface area (TPSA) is 68.8 Å². The van der Waals surface area contributed by atoms with Crippen LogP contribution in [-0.4, -0.2) is 62.1 Å². The minimum absolute atomic E-state index is 0. The van der Waals surface area contributed by atoms with Crippen molar-refractivity contribution in [2.45, 2.75) is 38.6 Å². The summed E-state index contributed by atoms with van der Waals surface area (Å²) in [6.45, 7) is 8.80. The standard InChI is InChI=1S/C20H32ClN5O.HI/c1-20(2,26-13-5-4-6-14-26)15-25-19(22-3)24-12-11-23-18(27)16-7-9-17(21)10-8-16;/h7-10H,4-6,11-15H2,1-3H3,(H,23,27)(H2,22,24,25);1H. The van der Waals surface area contributed by atoms with Gasteiger partial charge in [0.2, 0.25) is 0 Å². The molecule has 0 bridgehead atoms. The number of hydrogen-bond donors (Lipinski definition) is 3. The molecule has 0 saturated carbocycles. The van der Waals surface area contributed by atoms with Crippen LogP contribution in [0, 0.1) is 0 Å². The van der Waals surface area contributed by atoms with Crippen molar-refractivity contribution < 1.29 is 4.79 Å². The molecular formula is C20H33ClIN5O. The zero-order chi connectivity index (χ0) is 19.7. The Morgan fingerprint density at radius 2 is 1.68 bits per heavy atom. The van der Waals surface area contributed by atoms with E-state index in [1.165, 1.54) is 19.3 Å². The number of carbonyl (C=O) groups is 1. The second kappa shape index (κ2) is 12.5. The van der Waals surface area contributed by atoms with Crippen LogP contribution in [0.25, 0.3) is 0 Å². The number of nitrogens with zero attached hydrogens (tertiary/aromatic N) is 2. The summed E-state index contributed by atoms with van der Waals surface area (Å²) < 4.78 is 0. The largest absolute Gasteiger partial charge is 0.355 e. The first-order chi connectivity index (χ1) is 12.9. The number of amides is 1. The lowest BCUT2D eigenvalue weighted by molar-refractivity contribution is 0.0954. The van der Waals surface area contributed by atoms with E-state index in [0.29, 0.717) is 23.7 Å². The van der Waals surface area contributed by atoms with Gasteiger partial charge in [0.1, 0.15) is 0 Å². The number of rotatable bonds is 7. The molecule has 3 N–H and O–H groups in total. The molecule has 0 unspecified atom stereocenters. The molecule has 1 aromatic rings. The summed E-state index contributed by atoms with van der Waals surface area (Å²) in [5.74, 6) is 0.642. The van der Waals surface area contributed by atoms with Gasteiger partial charge in [-0.3, -0.25) is 14.7 Å². The third-order valence-corrected chi connectivity index (χ3v) is 5.19. The Labute approximate surface area is 190 Å². The fraction of sp³-hybridized carbons (Fsp3) is 0.600. The van der Waals surface area contributed by atoms with Gasteiger partial charge in [-0.15, -0.1) is 24.0 Å². The second-order valence-electron chi connectivity index (χ2n) is 7.48. The van der Waals surface area contributed by atoms with Gasteiger partial charge in [0.05, 0.1) is 0 Å². The van der Waals surface area contributed by atoms with Crippen LogP contribution in [0.1, 0.15) is 43.5 Å². The third kappa shape index (κ3) is 8.13. The molecule has 6 nitrogen and oxygen atoms in total. The van der Waals surface area contributed by atoms with Crippen LogP contribution in [0.4, 0.5) is 0 Å². The van der Waals surface area contributed by atoms with Crippen LogP contribution >= 0.6 is 35.6 Å². The fourth-order valence-corrected chi connectivity index (χ4v) is 3.32. The number of nitrogens with one attached hydrogen (secondary N) is 3. The van der Waals surface area contributed by atoms with Crippen molar-refractivity contribution >= 4 is 47.4 Å². The monoisotopic (exact) mass is 521 g/mol. The minimum Gasteiger partial charge on any atom is -0.355 e. The average Bonchev–Trinajstić information content (AvgIpc) is 2.68. The quantitative estimate of drug-likeness (QED) is 0.223. The highest BCUT2D eigenvalue weighted by atomic mass is 127. The van der Waals surface area contributed by atoms with E-state index in [2.05, 4.69) is 39.7 Å². The van der Waals surface area contributed by atoms with Crippen LogP contribution in [0.3, 0.4) is 0 Å². The molecule has 28 heavy (non-hydrogen) atoms. The summed E-state index contributed by atoms with van der Waals surface area (Å²) in [6.07, 6.45) is 3.90. The Hall–Kier alpha value is -1.06. The van der Waals surface area contributed by atoms with Gasteiger partial charge in [-0.2, -0.15) is 0 Å². The van der Waals surface area contributed by atoms with Crippen molar-refractivity contribution in [2.75, 3.05) is 39.8 Å². The number of aliphatic imine (C=N–C) groups is 1. The molecule has 0 aromatic heterocycles. The highest BCUT2D eigenvalue weighted by molar-refractivity contribution is 14.0. The van der Waals surface area contributed by atoms with Crippen LogP contribution in [0.15, 0.2) is 29.3 Å². The van der Waals surface area contributed by atoms with E-state index >= 15 is 0 Å². The minimum atomic E-state index is -0.109. The van der Waals surface area contributed by atoms with Crippen molar-refractivity contribution in [1.29, 1.82) is 0 Å². The molecule has 0 spiro atoms. The number of likely N-dealkylation sites (tertiary alicyclic amines) is 1. The maximum absolute atomic E-state index is 12.1. The molecule has 0 radical (unpaired) electrons. The van der Waals surface area contributed by atoms with Crippen molar-refractivity contribution in [3.8, 4) is 0 Å². The van der Waals surface area contributed by atoms with E-state index in [4.69, 9.17) is 11.6 Å². The van der Waals surface area contributed by atoms with Gasteiger partial charge in [-0.05, 0) is 64.0 Å². The van der Waals surface area contributed by atoms with Crippen molar-refractivity contribution in [1.82, 2.24) is 20.9 Å². The van der Waals surface area contributed by atoms with E-state index in [-0.39, 0.29) is 35.4 Å². The van der Waals surface area contributed by atoms with E-state index in [0.717, 1.165) is 25.6 Å². The van der Waals surface area contributed by atoms with Crippen molar-refractivity contribution in [2.24, 2.45) is 4.99 Å². The number of piperidine rings is 1. The molecule has 1 amide bonds. The summed E-state index contributed by atoms with van der Waals surface area (Å²) in [5.41, 5.74) is 0.686. The van der Waals surface area contributed by atoms with Crippen LogP contribution in [0.5, 0.6) is 0 Å². The first-order valence-corrected chi connectivity index (χ1v) is 10.0. The molecule has 1 aliphatic heterocycles. The summed E-state index contributed by atoms with van der Waals surface area (Å²) >= 11 is 5.84. The molecular weight excluding hydrogens is 489 g/mol. The van der Waals surface area contributed by atoms with Gasteiger partial charge >= 0.3 is 0 Å². The maximum Gasteiger partial charge on any atom is 0.251 e. The van der Waals surface area contributed by atoms with Gasteiger partial charge in [0, 0.05) is 42.8 Å². The average molecular weight is 522 g/mol. The van der Waals surface area contributed by atoms with Crippen LogP contribution in [-0.2, 0) is 0 Å². The van der Waals surface area contributed by atoms with Crippen LogP contribution < -0.4 is 16.0 Å². The number of benzene rings is 1. The number of halogens is 2. The van der Waals surface area contributed by atoms with E-state index in [9.17, 15) is 4.79 Å². The number of hydrogen-bond acceptors (Lipinski definition) is 3. The molecule has 1 aliphatic rings. The molecule has 1 aromatic carbocycles. The van der Waals surface area contributed by atoms with Crippen LogP contribution in [0.2, 0.25) is 5.02 Å². The summed E-state index contributed by atoms with van der Waals surface area (Å²) in [5, 5.41) is 10.2. The normalized spacial score (nSPS) is 15.5. The Kier molecular flexibility index (Phi) is 11.1. The zero-order valence-corrected chi connectivity index (χ0v) is 20.1. The van der Waals surface area contributed by atoms with E-state index in [1.54, 1.807) is 31.3 Å². The molecule has 0 aliphatic carbocycles. The van der Waals surface area contributed by atoms with Crippen molar-refractivity contribution in [3.05, 3.63) is 34.9 Å². The maximum atomic E-state index is 12.1. The van der Waals surface area contributed by atoms with Gasteiger partial charge in [0.25, 0.3) is 5.91 Å². The lowest BCUT2D eigenvalue weighted by Crippen LogP contribution is -2.55. The Bertz CT molecular complexity index is 630. The molecule has 158 valence electrons. The van der Waals surface area contributed by atoms with Gasteiger partial charge < -0.3 is 16.0 Å². The van der Waals surface area contributed by atoms with Gasteiger partial charge in [0.15, 0.2) is 5.96 Å². The van der Waals surface area contributed by atoms with E-state index in [1.807, 2.05) is 0 Å². The zero-order valence-electron chi connectivity index (χ0n) is 17.1. The number of carbonyl (C=O) groups excluding carboxylic acids is 1. The molecule has 0 atom stereocenters. The molecule has 1 saturated heterocycles. The molecule has 8 heteroatoms. The predicted molar refractivity (Wildman–Crippen MR) is 128 cm³/mol. The summed E-state index contributed by atoms with van der Waals surface area (Å²) in [6, 6.07) is 6.86. The molecule has 2 rings (SSSR count). The first-order valence-electron chi connectivity index (χ1n) is 9.66. The van der Waals surface area contributed by atoms with E-state index < -0.39 is 0 Å². The van der Waals surface area contributed by atoms with Gasteiger partial charge in [-0.25, -0.2) is 0 Å². The Morgan fingerprint density at radius 3 is 2.29 bits per heavy atom. The smallest absolute Gasteiger partial charge is 0.251 e. The number of guanidine groups is 1. The highest BCUT2D eigenvalue weighted by Gasteiger charge is 2.27. The fourth-order valence-electron chi connectivity index (χ4n) is 3.19. The Balaban J connectivity index is 0.00000392. The lowest BCUT2D eigenvalue weighted by Gasteiger charge is -2.41. The second-order valence-corrected chi connectivity index (χ2v) is 7.91. The predicted octanol–water partition coefficient (Wildman–Crippen LogP) is 3.12. The lowest BCUT2D eigenvalue weighted by atomic mass is 9.98. The molecule has 1 heterocycles. The molecule has 1 fully saturated rings. The SMILES string of the molecule is CN=C(NCCNC(=O)c1ccc(Cl)cc1)NCC(C)(C)N1CCCCC1.I. The summed E-state index contributed by atoms with van der Waals surface area (Å²) in [7, 11) is 1.76. The van der Waals surface area contributed by atoms with Crippen molar-refractivity contribution in [3.63, 3.8) is 0 Å². The first kappa shape index (κ1) is 25.0. The Morgan fingerprint density at radius 1 is 1.07 bits per heavy atom. The summed E-state index contributed by atoms with van der Waals surface area (Å²) in [4.78, 5) is 18.9. The third-order valence-electron chi connectivity index (χ3n) is 4.93.